The highest BCUT2D eigenvalue weighted by Gasteiger charge is 2.34. The van der Waals surface area contributed by atoms with Crippen LogP contribution in [0.5, 0.6) is 11.5 Å². The van der Waals surface area contributed by atoms with Crippen LogP contribution in [0.2, 0.25) is 0 Å². The quantitative estimate of drug-likeness (QED) is 0.607. The SMILES string of the molecule is COc1ccc(N2CC(c3nnc(NC(=O)C(C)Oc4ccccc4)s3)CC2=O)cc1. The highest BCUT2D eigenvalue weighted by molar-refractivity contribution is 7.15. The second-order valence-corrected chi connectivity index (χ2v) is 8.12. The number of anilines is 2. The fourth-order valence-corrected chi connectivity index (χ4v) is 4.14. The third-order valence-corrected chi connectivity index (χ3v) is 5.96. The zero-order valence-electron chi connectivity index (χ0n) is 17.1. The third kappa shape index (κ3) is 4.83. The lowest BCUT2D eigenvalue weighted by Crippen LogP contribution is -2.30. The van der Waals surface area contributed by atoms with Gasteiger partial charge in [-0.3, -0.25) is 14.9 Å². The van der Waals surface area contributed by atoms with Crippen LogP contribution < -0.4 is 19.7 Å². The molecule has 1 N–H and O–H groups in total. The molecule has 0 aliphatic carbocycles. The van der Waals surface area contributed by atoms with Crippen LogP contribution in [0.25, 0.3) is 0 Å². The third-order valence-electron chi connectivity index (χ3n) is 4.95. The number of ether oxygens (including phenoxy) is 2. The van der Waals surface area contributed by atoms with E-state index in [1.54, 1.807) is 31.1 Å². The van der Waals surface area contributed by atoms with Gasteiger partial charge in [0.2, 0.25) is 11.0 Å². The van der Waals surface area contributed by atoms with Crippen LogP contribution in [0.4, 0.5) is 10.8 Å². The molecule has 31 heavy (non-hydrogen) atoms. The molecule has 2 heterocycles. The van der Waals surface area contributed by atoms with E-state index in [0.29, 0.717) is 23.8 Å². The predicted octanol–water partition coefficient (Wildman–Crippen LogP) is 3.47. The lowest BCUT2D eigenvalue weighted by molar-refractivity contribution is -0.122. The van der Waals surface area contributed by atoms with E-state index in [0.717, 1.165) is 16.4 Å². The molecule has 1 saturated heterocycles. The Morgan fingerprint density at radius 2 is 1.87 bits per heavy atom. The maximum atomic E-state index is 12.5. The number of hydrogen-bond acceptors (Lipinski definition) is 7. The number of amides is 2. The number of carbonyl (C=O) groups is 2. The molecule has 3 aromatic rings. The minimum Gasteiger partial charge on any atom is -0.497 e. The molecule has 2 aromatic carbocycles. The molecule has 1 aliphatic heterocycles. The summed E-state index contributed by atoms with van der Waals surface area (Å²) in [6, 6.07) is 16.5. The average Bonchev–Trinajstić information content (AvgIpc) is 3.41. The Balaban J connectivity index is 1.37. The average molecular weight is 439 g/mol. The molecule has 1 aromatic heterocycles. The van der Waals surface area contributed by atoms with Crippen LogP contribution in [0.1, 0.15) is 24.3 Å². The number of para-hydroxylation sites is 1. The van der Waals surface area contributed by atoms with E-state index in [4.69, 9.17) is 9.47 Å². The Morgan fingerprint density at radius 3 is 2.58 bits per heavy atom. The van der Waals surface area contributed by atoms with Crippen molar-refractivity contribution < 1.29 is 19.1 Å². The molecule has 4 rings (SSSR count). The Morgan fingerprint density at radius 1 is 1.13 bits per heavy atom. The smallest absolute Gasteiger partial charge is 0.266 e. The molecule has 2 atom stereocenters. The molecule has 1 fully saturated rings. The molecule has 2 unspecified atom stereocenters. The van der Waals surface area contributed by atoms with Crippen molar-refractivity contribution in [3.8, 4) is 11.5 Å². The van der Waals surface area contributed by atoms with Crippen molar-refractivity contribution in [1.29, 1.82) is 0 Å². The predicted molar refractivity (Wildman–Crippen MR) is 118 cm³/mol. The Hall–Kier alpha value is -3.46. The monoisotopic (exact) mass is 438 g/mol. The maximum Gasteiger partial charge on any atom is 0.266 e. The zero-order valence-corrected chi connectivity index (χ0v) is 18.0. The first-order valence-electron chi connectivity index (χ1n) is 9.84. The fourth-order valence-electron chi connectivity index (χ4n) is 3.30. The molecule has 0 saturated carbocycles. The van der Waals surface area contributed by atoms with Gasteiger partial charge in [-0.25, -0.2) is 0 Å². The minimum absolute atomic E-state index is 0.0286. The number of hydrogen-bond donors (Lipinski definition) is 1. The molecule has 0 bridgehead atoms. The summed E-state index contributed by atoms with van der Waals surface area (Å²) in [5.74, 6) is 0.999. The first kappa shape index (κ1) is 20.8. The Kier molecular flexibility index (Phi) is 6.13. The van der Waals surface area contributed by atoms with Gasteiger partial charge in [-0.15, -0.1) is 10.2 Å². The van der Waals surface area contributed by atoms with Gasteiger partial charge >= 0.3 is 0 Å². The second kappa shape index (κ2) is 9.13. The van der Waals surface area contributed by atoms with Crippen LogP contribution in [0.15, 0.2) is 54.6 Å². The summed E-state index contributed by atoms with van der Waals surface area (Å²) in [7, 11) is 1.60. The van der Waals surface area contributed by atoms with Crippen molar-refractivity contribution in [3.63, 3.8) is 0 Å². The molecule has 1 aliphatic rings. The van der Waals surface area contributed by atoms with E-state index < -0.39 is 6.10 Å². The van der Waals surface area contributed by atoms with Crippen molar-refractivity contribution >= 4 is 34.0 Å². The van der Waals surface area contributed by atoms with Gasteiger partial charge in [0, 0.05) is 24.6 Å². The topological polar surface area (TPSA) is 93.7 Å². The van der Waals surface area contributed by atoms with Crippen molar-refractivity contribution in [2.45, 2.75) is 25.4 Å². The summed E-state index contributed by atoms with van der Waals surface area (Å²) < 4.78 is 10.8. The standard InChI is InChI=1S/C22H22N4O4S/c1-14(30-18-6-4-3-5-7-18)20(28)23-22-25-24-21(31-22)15-12-19(27)26(13-15)16-8-10-17(29-2)11-9-16/h3-11,14-15H,12-13H2,1-2H3,(H,23,25,28). The van der Waals surface area contributed by atoms with Crippen LogP contribution in [0, 0.1) is 0 Å². The first-order valence-corrected chi connectivity index (χ1v) is 10.7. The van der Waals surface area contributed by atoms with Crippen LogP contribution in [-0.4, -0.2) is 41.8 Å². The van der Waals surface area contributed by atoms with Gasteiger partial charge in [0.25, 0.3) is 5.91 Å². The molecule has 8 nitrogen and oxygen atoms in total. The summed E-state index contributed by atoms with van der Waals surface area (Å²) >= 11 is 1.28. The summed E-state index contributed by atoms with van der Waals surface area (Å²) in [6.45, 7) is 2.19. The number of rotatable bonds is 7. The van der Waals surface area contributed by atoms with Gasteiger partial charge in [-0.2, -0.15) is 0 Å². The number of carbonyl (C=O) groups excluding carboxylic acids is 2. The Labute approximate surface area is 183 Å². The molecular formula is C22H22N4O4S. The summed E-state index contributed by atoms with van der Waals surface area (Å²) in [6.07, 6.45) is -0.337. The highest BCUT2D eigenvalue weighted by Crippen LogP contribution is 2.34. The Bertz CT molecular complexity index is 1050. The maximum absolute atomic E-state index is 12.5. The first-order chi connectivity index (χ1) is 15.0. The molecule has 2 amide bonds. The van der Waals surface area contributed by atoms with E-state index in [9.17, 15) is 9.59 Å². The lowest BCUT2D eigenvalue weighted by Gasteiger charge is -2.16. The van der Waals surface area contributed by atoms with Gasteiger partial charge < -0.3 is 14.4 Å². The van der Waals surface area contributed by atoms with E-state index in [1.165, 1.54) is 11.3 Å². The summed E-state index contributed by atoms with van der Waals surface area (Å²) in [5.41, 5.74) is 0.818. The lowest BCUT2D eigenvalue weighted by atomic mass is 10.1. The molecule has 0 spiro atoms. The summed E-state index contributed by atoms with van der Waals surface area (Å²) in [5, 5.41) is 12.1. The number of benzene rings is 2. The molecule has 0 radical (unpaired) electrons. The molecular weight excluding hydrogens is 416 g/mol. The van der Waals surface area contributed by atoms with Crippen molar-refractivity contribution in [1.82, 2.24) is 10.2 Å². The fraction of sp³-hybridized carbons (Fsp3) is 0.273. The second-order valence-electron chi connectivity index (χ2n) is 7.11. The zero-order chi connectivity index (χ0) is 21.8. The number of methoxy groups -OCH3 is 1. The van der Waals surface area contributed by atoms with E-state index in [1.807, 2.05) is 42.5 Å². The highest BCUT2D eigenvalue weighted by atomic mass is 32.1. The van der Waals surface area contributed by atoms with E-state index >= 15 is 0 Å². The van der Waals surface area contributed by atoms with Crippen molar-refractivity contribution in [2.75, 3.05) is 23.9 Å². The minimum atomic E-state index is -0.687. The number of aromatic nitrogens is 2. The van der Waals surface area contributed by atoms with Crippen LogP contribution >= 0.6 is 11.3 Å². The molecule has 160 valence electrons. The van der Waals surface area contributed by atoms with E-state index in [-0.39, 0.29) is 17.7 Å². The van der Waals surface area contributed by atoms with Gasteiger partial charge in [-0.1, -0.05) is 29.5 Å². The number of nitrogens with zero attached hydrogens (tertiary/aromatic N) is 3. The van der Waals surface area contributed by atoms with Gasteiger partial charge in [-0.05, 0) is 43.3 Å². The van der Waals surface area contributed by atoms with Crippen molar-refractivity contribution in [2.24, 2.45) is 0 Å². The number of nitrogens with one attached hydrogen (secondary N) is 1. The van der Waals surface area contributed by atoms with Crippen molar-refractivity contribution in [3.05, 3.63) is 59.6 Å². The van der Waals surface area contributed by atoms with Gasteiger partial charge in [0.15, 0.2) is 6.10 Å². The van der Waals surface area contributed by atoms with Crippen LogP contribution in [0.3, 0.4) is 0 Å². The van der Waals surface area contributed by atoms with Gasteiger partial charge in [0.05, 0.1) is 7.11 Å². The van der Waals surface area contributed by atoms with E-state index in [2.05, 4.69) is 15.5 Å². The van der Waals surface area contributed by atoms with Crippen LogP contribution in [-0.2, 0) is 9.59 Å². The largest absolute Gasteiger partial charge is 0.497 e. The molecule has 9 heteroatoms. The van der Waals surface area contributed by atoms with Gasteiger partial charge in [0.1, 0.15) is 16.5 Å². The normalized spacial score (nSPS) is 16.8. The summed E-state index contributed by atoms with van der Waals surface area (Å²) in [4.78, 5) is 26.7.